The van der Waals surface area contributed by atoms with Gasteiger partial charge in [0.25, 0.3) is 5.92 Å². The molecule has 2 N–H and O–H groups in total. The van der Waals surface area contributed by atoms with E-state index in [2.05, 4.69) is 14.8 Å². The second kappa shape index (κ2) is 6.49. The fraction of sp³-hybridized carbons (Fsp3) is 0.474. The van der Waals surface area contributed by atoms with E-state index in [1.54, 1.807) is 6.07 Å². The lowest BCUT2D eigenvalue weighted by atomic mass is 10.1. The van der Waals surface area contributed by atoms with Gasteiger partial charge in [-0.05, 0) is 31.1 Å². The van der Waals surface area contributed by atoms with Crippen LogP contribution < -0.4 is 10.5 Å². The van der Waals surface area contributed by atoms with Crippen molar-refractivity contribution < 1.29 is 22.3 Å². The molecule has 2 heterocycles. The molecule has 0 radical (unpaired) electrons. The van der Waals surface area contributed by atoms with Crippen LogP contribution in [0.2, 0.25) is 0 Å². The van der Waals surface area contributed by atoms with E-state index in [0.717, 1.165) is 23.3 Å². The molecule has 2 aliphatic carbocycles. The second-order valence-electron chi connectivity index (χ2n) is 7.33. The van der Waals surface area contributed by atoms with E-state index >= 15 is 0 Å². The molecule has 4 rings (SSSR count). The van der Waals surface area contributed by atoms with Gasteiger partial charge in [0, 0.05) is 36.6 Å². The van der Waals surface area contributed by atoms with Crippen molar-refractivity contribution in [3.63, 3.8) is 0 Å². The van der Waals surface area contributed by atoms with Crippen molar-refractivity contribution in [1.82, 2.24) is 14.8 Å². The van der Waals surface area contributed by atoms with Crippen LogP contribution >= 0.6 is 0 Å². The molecule has 2 aliphatic rings. The van der Waals surface area contributed by atoms with E-state index in [-0.39, 0.29) is 36.4 Å². The van der Waals surface area contributed by atoms with Crippen molar-refractivity contribution in [2.24, 2.45) is 5.92 Å². The Morgan fingerprint density at radius 2 is 2.11 bits per heavy atom. The van der Waals surface area contributed by atoms with Crippen LogP contribution in [0.4, 0.5) is 23.4 Å². The molecule has 0 spiro atoms. The van der Waals surface area contributed by atoms with Crippen LogP contribution in [0.25, 0.3) is 16.8 Å². The first-order valence-electron chi connectivity index (χ1n) is 9.11. The van der Waals surface area contributed by atoms with Gasteiger partial charge in [0.2, 0.25) is 0 Å². The Balaban J connectivity index is 1.73. The Kier molecular flexibility index (Phi) is 4.35. The number of rotatable bonds is 6. The lowest BCUT2D eigenvalue weighted by molar-refractivity contribution is -0.0494. The highest BCUT2D eigenvalue weighted by molar-refractivity contribution is 5.87. The summed E-state index contributed by atoms with van der Waals surface area (Å²) in [6.45, 7) is 0.978. The Bertz CT molecular complexity index is 953. The minimum absolute atomic E-state index is 0.0530. The molecule has 2 atom stereocenters. The number of halogens is 4. The third-order valence-electron chi connectivity index (χ3n) is 5.40. The van der Waals surface area contributed by atoms with E-state index in [1.165, 1.54) is 12.3 Å². The molecular weight excluding hydrogens is 376 g/mol. The minimum Gasteiger partial charge on any atom is -0.431 e. The van der Waals surface area contributed by atoms with Crippen LogP contribution in [0, 0.1) is 5.92 Å². The van der Waals surface area contributed by atoms with Crippen LogP contribution in [-0.4, -0.2) is 27.3 Å². The summed E-state index contributed by atoms with van der Waals surface area (Å²) < 4.78 is 58.5. The predicted octanol–water partition coefficient (Wildman–Crippen LogP) is 4.91. The van der Waals surface area contributed by atoms with Crippen molar-refractivity contribution >= 4 is 11.4 Å². The molecule has 9 heteroatoms. The summed E-state index contributed by atoms with van der Waals surface area (Å²) in [5, 5.41) is 4.60. The molecule has 0 saturated heterocycles. The molecule has 5 nitrogen and oxygen atoms in total. The normalized spacial score (nSPS) is 21.2. The van der Waals surface area contributed by atoms with Gasteiger partial charge in [-0.15, -0.1) is 0 Å². The first-order valence-corrected chi connectivity index (χ1v) is 9.11. The van der Waals surface area contributed by atoms with Crippen LogP contribution in [-0.2, 0) is 0 Å². The number of nitrogen functional groups attached to an aromatic ring is 1. The SMILES string of the molecule is CCC(C)n1nc(-c2cnc(N)c(OC(F)F)c2)cc1C1=C2CC(F)(F)CC21. The molecule has 2 unspecified atom stereocenters. The highest BCUT2D eigenvalue weighted by Gasteiger charge is 2.55. The molecule has 1 saturated carbocycles. The quantitative estimate of drug-likeness (QED) is 0.705. The Hall–Kier alpha value is -2.58. The van der Waals surface area contributed by atoms with Crippen molar-refractivity contribution in [3.05, 3.63) is 29.6 Å². The highest BCUT2D eigenvalue weighted by Crippen LogP contribution is 2.62. The summed E-state index contributed by atoms with van der Waals surface area (Å²) in [7, 11) is 0. The van der Waals surface area contributed by atoms with Gasteiger partial charge in [-0.1, -0.05) is 12.5 Å². The van der Waals surface area contributed by atoms with Crippen molar-refractivity contribution in [2.75, 3.05) is 5.73 Å². The number of ether oxygens (including phenoxy) is 1. The maximum absolute atomic E-state index is 13.5. The average molecular weight is 396 g/mol. The van der Waals surface area contributed by atoms with Crippen LogP contribution in [0.15, 0.2) is 23.9 Å². The summed E-state index contributed by atoms with van der Waals surface area (Å²) in [6.07, 6.45) is 1.87. The smallest absolute Gasteiger partial charge is 0.387 e. The van der Waals surface area contributed by atoms with E-state index in [4.69, 9.17) is 5.73 Å². The number of alkyl halides is 4. The standard InChI is InChI=1S/C19H20F4N4O/c1-3-9(2)27-14(16-11-6-19(22,23)7-12(11)16)5-13(26-27)10-4-15(28-18(20)21)17(24)25-8-10/h4-5,8-9,11,18H,3,6-7H2,1-2H3,(H2,24,25). The third kappa shape index (κ3) is 3.22. The molecule has 0 amide bonds. The van der Waals surface area contributed by atoms with E-state index in [9.17, 15) is 17.6 Å². The topological polar surface area (TPSA) is 66.0 Å². The average Bonchev–Trinajstić information content (AvgIpc) is 2.96. The number of pyridine rings is 1. The molecule has 1 fully saturated rings. The van der Waals surface area contributed by atoms with Crippen LogP contribution in [0.5, 0.6) is 5.75 Å². The van der Waals surface area contributed by atoms with Gasteiger partial charge < -0.3 is 10.5 Å². The van der Waals surface area contributed by atoms with Gasteiger partial charge in [-0.3, -0.25) is 4.68 Å². The lowest BCUT2D eigenvalue weighted by Gasteiger charge is -2.14. The van der Waals surface area contributed by atoms with Crippen molar-refractivity contribution in [2.45, 2.75) is 51.7 Å². The monoisotopic (exact) mass is 396 g/mol. The molecule has 0 bridgehead atoms. The summed E-state index contributed by atoms with van der Waals surface area (Å²) in [6, 6.07) is 3.21. The first-order chi connectivity index (χ1) is 13.2. The number of fused-ring (bicyclic) bond motifs is 1. The maximum Gasteiger partial charge on any atom is 0.387 e. The fourth-order valence-electron chi connectivity index (χ4n) is 3.79. The molecule has 2 aromatic heterocycles. The van der Waals surface area contributed by atoms with Gasteiger partial charge in [0.15, 0.2) is 11.6 Å². The summed E-state index contributed by atoms with van der Waals surface area (Å²) in [4.78, 5) is 3.91. The number of aromatic nitrogens is 3. The highest BCUT2D eigenvalue weighted by atomic mass is 19.3. The number of hydrogen-bond donors (Lipinski definition) is 1. The van der Waals surface area contributed by atoms with E-state index in [1.807, 2.05) is 18.5 Å². The zero-order chi connectivity index (χ0) is 20.2. The number of hydrogen-bond acceptors (Lipinski definition) is 4. The van der Waals surface area contributed by atoms with Crippen molar-refractivity contribution in [1.29, 1.82) is 0 Å². The largest absolute Gasteiger partial charge is 0.431 e. The number of nitrogens with two attached hydrogens (primary N) is 1. The number of anilines is 1. The van der Waals surface area contributed by atoms with Crippen LogP contribution in [0.1, 0.15) is 44.8 Å². The Morgan fingerprint density at radius 3 is 2.71 bits per heavy atom. The lowest BCUT2D eigenvalue weighted by Crippen LogP contribution is -2.13. The van der Waals surface area contributed by atoms with Crippen molar-refractivity contribution in [3.8, 4) is 17.0 Å². The molecule has 28 heavy (non-hydrogen) atoms. The molecule has 150 valence electrons. The van der Waals surface area contributed by atoms with Crippen LogP contribution in [0.3, 0.4) is 0 Å². The van der Waals surface area contributed by atoms with E-state index < -0.39 is 12.5 Å². The first kappa shape index (κ1) is 18.8. The number of allylic oxidation sites excluding steroid dienone is 2. The summed E-state index contributed by atoms with van der Waals surface area (Å²) in [5.74, 6) is -3.19. The fourth-order valence-corrected chi connectivity index (χ4v) is 3.79. The Labute approximate surface area is 159 Å². The molecule has 2 aromatic rings. The second-order valence-corrected chi connectivity index (χ2v) is 7.33. The molecular formula is C19H20F4N4O. The molecule has 0 aliphatic heterocycles. The zero-order valence-corrected chi connectivity index (χ0v) is 15.4. The zero-order valence-electron chi connectivity index (χ0n) is 15.4. The number of nitrogens with zero attached hydrogens (tertiary/aromatic N) is 3. The van der Waals surface area contributed by atoms with Gasteiger partial charge in [-0.25, -0.2) is 13.8 Å². The van der Waals surface area contributed by atoms with Gasteiger partial charge >= 0.3 is 6.61 Å². The predicted molar refractivity (Wildman–Crippen MR) is 96.1 cm³/mol. The van der Waals surface area contributed by atoms with Gasteiger partial charge in [0.05, 0.1) is 11.4 Å². The van der Waals surface area contributed by atoms with Gasteiger partial charge in [0.1, 0.15) is 0 Å². The molecule has 0 aromatic carbocycles. The minimum atomic E-state index is -3.02. The summed E-state index contributed by atoms with van der Waals surface area (Å²) in [5.41, 5.74) is 9.08. The Morgan fingerprint density at radius 1 is 1.36 bits per heavy atom. The maximum atomic E-state index is 13.5. The van der Waals surface area contributed by atoms with E-state index in [0.29, 0.717) is 11.3 Å². The summed E-state index contributed by atoms with van der Waals surface area (Å²) >= 11 is 0. The third-order valence-corrected chi connectivity index (χ3v) is 5.40. The van der Waals surface area contributed by atoms with Gasteiger partial charge in [-0.2, -0.15) is 13.9 Å².